The number of β-amino-alcohol motifs (C(OH)–C–C–N with tert-alkyl or cyclic N) is 1. The van der Waals surface area contributed by atoms with E-state index in [1.54, 1.807) is 4.90 Å². The summed E-state index contributed by atoms with van der Waals surface area (Å²) in [7, 11) is 0. The lowest BCUT2D eigenvalue weighted by atomic mass is 9.84. The van der Waals surface area contributed by atoms with Crippen LogP contribution in [0.15, 0.2) is 42.6 Å². The zero-order valence-corrected chi connectivity index (χ0v) is 20.1. The minimum atomic E-state index is -0.548. The molecule has 3 aliphatic heterocycles. The lowest BCUT2D eigenvalue weighted by molar-refractivity contribution is 0.0472. The number of ether oxygens (including phenoxy) is 1. The zero-order valence-electron chi connectivity index (χ0n) is 20.1. The Balaban J connectivity index is 1.10. The van der Waals surface area contributed by atoms with Gasteiger partial charge in [-0.3, -0.25) is 9.88 Å². The summed E-state index contributed by atoms with van der Waals surface area (Å²) in [4.78, 5) is 23.5. The van der Waals surface area contributed by atoms with Crippen LogP contribution in [0.4, 0.5) is 4.79 Å². The van der Waals surface area contributed by atoms with Crippen LogP contribution in [-0.4, -0.2) is 82.9 Å². The molecule has 7 heteroatoms. The number of aromatic nitrogens is 1. The minimum Gasteiger partial charge on any atom is -0.390 e. The van der Waals surface area contributed by atoms with Crippen molar-refractivity contribution >= 4 is 6.03 Å². The second kappa shape index (κ2) is 10.4. The Kier molecular flexibility index (Phi) is 7.13. The van der Waals surface area contributed by atoms with Crippen molar-refractivity contribution in [2.45, 2.75) is 44.9 Å². The largest absolute Gasteiger partial charge is 0.390 e. The average Bonchev–Trinajstić information content (AvgIpc) is 3.18. The summed E-state index contributed by atoms with van der Waals surface area (Å²) >= 11 is 0. The summed E-state index contributed by atoms with van der Waals surface area (Å²) < 4.78 is 5.56. The van der Waals surface area contributed by atoms with Gasteiger partial charge in [0.2, 0.25) is 0 Å². The number of aliphatic hydroxyl groups excluding tert-OH is 1. The molecular formula is C27H36N4O3. The maximum absolute atomic E-state index is 12.9. The minimum absolute atomic E-state index is 0.00744. The predicted octanol–water partition coefficient (Wildman–Crippen LogP) is 2.88. The van der Waals surface area contributed by atoms with E-state index in [1.807, 2.05) is 11.1 Å². The highest BCUT2D eigenvalue weighted by atomic mass is 16.5. The number of benzene rings is 1. The molecule has 3 aliphatic rings. The first-order chi connectivity index (χ1) is 16.6. The van der Waals surface area contributed by atoms with E-state index in [1.165, 1.54) is 16.7 Å². The highest BCUT2D eigenvalue weighted by Crippen LogP contribution is 2.31. The van der Waals surface area contributed by atoms with Gasteiger partial charge >= 0.3 is 6.03 Å². The van der Waals surface area contributed by atoms with Crippen molar-refractivity contribution in [2.75, 3.05) is 45.9 Å². The number of carbonyl (C=O) groups excluding carboxylic acids is 1. The van der Waals surface area contributed by atoms with Gasteiger partial charge in [0.1, 0.15) is 0 Å². The number of nitrogens with zero attached hydrogens (tertiary/aromatic N) is 4. The van der Waals surface area contributed by atoms with E-state index in [4.69, 9.17) is 4.74 Å². The molecule has 0 saturated carbocycles. The molecule has 3 unspecified atom stereocenters. The van der Waals surface area contributed by atoms with Gasteiger partial charge in [0.25, 0.3) is 0 Å². The molecular weight excluding hydrogens is 428 g/mol. The Morgan fingerprint density at radius 1 is 1.09 bits per heavy atom. The zero-order chi connectivity index (χ0) is 23.5. The molecule has 34 heavy (non-hydrogen) atoms. The van der Waals surface area contributed by atoms with Crippen LogP contribution in [-0.2, 0) is 24.2 Å². The second-order valence-corrected chi connectivity index (χ2v) is 10.1. The fraction of sp³-hybridized carbons (Fsp3) is 0.556. The number of hydrogen-bond acceptors (Lipinski definition) is 5. The van der Waals surface area contributed by atoms with Gasteiger partial charge in [0.15, 0.2) is 0 Å². The Morgan fingerprint density at radius 3 is 2.71 bits per heavy atom. The Bertz CT molecular complexity index is 982. The quantitative estimate of drug-likeness (QED) is 0.683. The van der Waals surface area contributed by atoms with Crippen molar-refractivity contribution in [3.05, 3.63) is 65.0 Å². The van der Waals surface area contributed by atoms with Crippen LogP contribution in [0.2, 0.25) is 0 Å². The van der Waals surface area contributed by atoms with Crippen molar-refractivity contribution in [2.24, 2.45) is 5.92 Å². The summed E-state index contributed by atoms with van der Waals surface area (Å²) in [5, 5.41) is 10.7. The van der Waals surface area contributed by atoms with Gasteiger partial charge in [-0.1, -0.05) is 37.3 Å². The normalized spacial score (nSPS) is 24.4. The summed E-state index contributed by atoms with van der Waals surface area (Å²) in [6.07, 6.45) is 3.47. The van der Waals surface area contributed by atoms with Crippen LogP contribution < -0.4 is 0 Å². The first kappa shape index (κ1) is 23.3. The number of carbonyl (C=O) groups is 1. The summed E-state index contributed by atoms with van der Waals surface area (Å²) in [5.41, 5.74) is 4.92. The van der Waals surface area contributed by atoms with Gasteiger partial charge in [0, 0.05) is 58.7 Å². The third kappa shape index (κ3) is 5.27. The average molecular weight is 465 g/mol. The van der Waals surface area contributed by atoms with Crippen LogP contribution in [0, 0.1) is 5.92 Å². The molecule has 5 rings (SSSR count). The molecule has 0 spiro atoms. The number of pyridine rings is 1. The molecule has 0 aliphatic carbocycles. The van der Waals surface area contributed by atoms with E-state index in [9.17, 15) is 9.90 Å². The van der Waals surface area contributed by atoms with Crippen LogP contribution in [0.1, 0.15) is 41.6 Å². The Morgan fingerprint density at radius 2 is 1.91 bits per heavy atom. The lowest BCUT2D eigenvalue weighted by Crippen LogP contribution is -2.43. The van der Waals surface area contributed by atoms with E-state index < -0.39 is 6.10 Å². The van der Waals surface area contributed by atoms with Crippen molar-refractivity contribution in [1.29, 1.82) is 0 Å². The first-order valence-electron chi connectivity index (χ1n) is 12.6. The van der Waals surface area contributed by atoms with Gasteiger partial charge in [-0.25, -0.2) is 4.79 Å². The molecule has 2 fully saturated rings. The predicted molar refractivity (Wildman–Crippen MR) is 130 cm³/mol. The number of fused-ring (bicyclic) bond motifs is 1. The van der Waals surface area contributed by atoms with Crippen molar-refractivity contribution in [3.63, 3.8) is 0 Å². The fourth-order valence-electron chi connectivity index (χ4n) is 5.59. The van der Waals surface area contributed by atoms with Crippen LogP contribution >= 0.6 is 0 Å². The summed E-state index contributed by atoms with van der Waals surface area (Å²) in [6.45, 7) is 8.45. The molecule has 1 aromatic heterocycles. The van der Waals surface area contributed by atoms with E-state index >= 15 is 0 Å². The second-order valence-electron chi connectivity index (χ2n) is 10.1. The van der Waals surface area contributed by atoms with Gasteiger partial charge in [-0.05, 0) is 47.4 Å². The molecule has 182 valence electrons. The third-order valence-corrected chi connectivity index (χ3v) is 7.56. The smallest absolute Gasteiger partial charge is 0.320 e. The van der Waals surface area contributed by atoms with Crippen molar-refractivity contribution in [3.8, 4) is 0 Å². The van der Waals surface area contributed by atoms with E-state index in [0.29, 0.717) is 44.6 Å². The molecule has 1 N–H and O–H groups in total. The highest BCUT2D eigenvalue weighted by Gasteiger charge is 2.31. The molecule has 3 atom stereocenters. The topological polar surface area (TPSA) is 69.1 Å². The van der Waals surface area contributed by atoms with Crippen molar-refractivity contribution in [1.82, 2.24) is 19.7 Å². The SMILES string of the molecule is CC1COCCC1c1ccc(CN2CCN(CC(O)CN3CCc4ccccc4C3)C2=O)nc1. The van der Waals surface area contributed by atoms with Gasteiger partial charge in [-0.15, -0.1) is 0 Å². The van der Waals surface area contributed by atoms with Crippen LogP contribution in [0.3, 0.4) is 0 Å². The third-order valence-electron chi connectivity index (χ3n) is 7.56. The van der Waals surface area contributed by atoms with Crippen LogP contribution in [0.25, 0.3) is 0 Å². The molecule has 2 aromatic rings. The number of amides is 2. The lowest BCUT2D eigenvalue weighted by Gasteiger charge is -2.31. The highest BCUT2D eigenvalue weighted by molar-refractivity contribution is 5.76. The molecule has 1 aromatic carbocycles. The van der Waals surface area contributed by atoms with Crippen molar-refractivity contribution < 1.29 is 14.6 Å². The maximum Gasteiger partial charge on any atom is 0.320 e. The first-order valence-corrected chi connectivity index (χ1v) is 12.6. The molecule has 7 nitrogen and oxygen atoms in total. The van der Waals surface area contributed by atoms with Gasteiger partial charge in [-0.2, -0.15) is 0 Å². The molecule has 4 heterocycles. The Hall–Kier alpha value is -2.48. The maximum atomic E-state index is 12.9. The van der Waals surface area contributed by atoms with E-state index in [0.717, 1.165) is 44.8 Å². The number of aliphatic hydroxyl groups is 1. The van der Waals surface area contributed by atoms with Gasteiger partial charge in [0.05, 0.1) is 18.3 Å². The van der Waals surface area contributed by atoms with Gasteiger partial charge < -0.3 is 19.6 Å². The molecule has 0 radical (unpaired) electrons. The number of urea groups is 1. The summed E-state index contributed by atoms with van der Waals surface area (Å²) in [6, 6.07) is 12.7. The van der Waals surface area contributed by atoms with E-state index in [-0.39, 0.29) is 6.03 Å². The fourth-order valence-corrected chi connectivity index (χ4v) is 5.59. The molecule has 0 bridgehead atoms. The molecule has 2 saturated heterocycles. The summed E-state index contributed by atoms with van der Waals surface area (Å²) in [5.74, 6) is 0.996. The monoisotopic (exact) mass is 464 g/mol. The number of hydrogen-bond donors (Lipinski definition) is 1. The Labute approximate surface area is 202 Å². The van der Waals surface area contributed by atoms with Crippen LogP contribution in [0.5, 0.6) is 0 Å². The standard InChI is InChI=1S/C27H36N4O3/c1-20-19-34-13-9-26(20)22-6-7-24(28-14-22)16-30-11-12-31(27(30)33)18-25(32)17-29-10-8-21-4-2-3-5-23(21)15-29/h2-7,14,20,25-26,32H,8-13,15-19H2,1H3. The number of rotatable bonds is 7. The molecule has 2 amide bonds. The van der Waals surface area contributed by atoms with E-state index in [2.05, 4.69) is 53.2 Å².